The molecule has 18 heteroatoms. The lowest BCUT2D eigenvalue weighted by Gasteiger charge is -2.37. The number of rotatable bonds is 12. The maximum atomic E-state index is 14.0. The number of benzene rings is 2. The van der Waals surface area contributed by atoms with Crippen LogP contribution in [-0.4, -0.2) is 118 Å². The summed E-state index contributed by atoms with van der Waals surface area (Å²) in [5.41, 5.74) is 11.4. The molecule has 0 spiro atoms. The highest BCUT2D eigenvalue weighted by atomic mass is 35.5. The number of piperidine rings is 2. The predicted molar refractivity (Wildman–Crippen MR) is 254 cm³/mol. The monoisotopic (exact) mass is 953 g/mol. The standard InChI is InChI=1S/C27H33ClN6O5.C22H24ClN3O2/c1-27(2,3)39-26(37)33-13-10-18(11-14-33)17-34(23(25(36)38-4)16-20-7-5-6-12-30-20)24(35)21-9-8-19(28)15-22(21)31-32-29;23-17-4-5-19-16(11-17)12-21(27)20(13-18-3-1-2-8-25-18)26(22(19)28)14-15-6-9-24-10-7-15/h5-9,12,15,18,23H,10-11,13-14,16-17H2,1-4H3;1-5,8,11,15,20,24H,6-7,9-10,12-14H2/t23-;20-/m11/s1. The van der Waals surface area contributed by atoms with Gasteiger partial charge in [0.05, 0.1) is 18.8 Å². The molecule has 2 aromatic heterocycles. The average Bonchev–Trinajstić information content (AvgIpc) is 3.40. The average molecular weight is 955 g/mol. The Morgan fingerprint density at radius 1 is 0.910 bits per heavy atom. The summed E-state index contributed by atoms with van der Waals surface area (Å²) in [7, 11) is 1.27. The number of carbonyl (C=O) groups excluding carboxylic acids is 5. The van der Waals surface area contributed by atoms with E-state index in [4.69, 9.17) is 38.2 Å². The number of likely N-dealkylation sites (tertiary alicyclic amines) is 1. The molecule has 3 aliphatic rings. The molecule has 5 heterocycles. The highest BCUT2D eigenvalue weighted by Gasteiger charge is 2.38. The minimum atomic E-state index is -0.990. The Labute approximate surface area is 400 Å². The van der Waals surface area contributed by atoms with E-state index >= 15 is 0 Å². The second-order valence-corrected chi connectivity index (χ2v) is 18.8. The van der Waals surface area contributed by atoms with Crippen molar-refractivity contribution in [3.63, 3.8) is 0 Å². The van der Waals surface area contributed by atoms with Crippen LogP contribution in [0.2, 0.25) is 10.0 Å². The van der Waals surface area contributed by atoms with Crippen LogP contribution < -0.4 is 5.32 Å². The molecule has 0 aliphatic carbocycles. The number of halogens is 2. The number of azide groups is 1. The van der Waals surface area contributed by atoms with Crippen molar-refractivity contribution in [1.29, 1.82) is 0 Å². The molecule has 7 rings (SSSR count). The van der Waals surface area contributed by atoms with Crippen LogP contribution in [0.15, 0.2) is 90.3 Å². The Balaban J connectivity index is 0.000000232. The second kappa shape index (κ2) is 23.6. The number of fused-ring (bicyclic) bond motifs is 1. The number of ether oxygens (including phenoxy) is 2. The Morgan fingerprint density at radius 3 is 2.19 bits per heavy atom. The number of pyridine rings is 2. The van der Waals surface area contributed by atoms with Crippen molar-refractivity contribution < 1.29 is 33.4 Å². The van der Waals surface area contributed by atoms with E-state index in [1.807, 2.05) is 39.0 Å². The minimum absolute atomic E-state index is 0.0151. The molecular formula is C49H57Cl2N9O7. The van der Waals surface area contributed by atoms with E-state index < -0.39 is 29.6 Å². The van der Waals surface area contributed by atoms with Crippen LogP contribution in [0, 0.1) is 11.8 Å². The molecule has 4 aromatic rings. The smallest absolute Gasteiger partial charge is 0.410 e. The number of hydrogen-bond donors (Lipinski definition) is 1. The number of aromatic nitrogens is 2. The maximum Gasteiger partial charge on any atom is 0.410 e. The van der Waals surface area contributed by atoms with Crippen molar-refractivity contribution in [2.24, 2.45) is 17.0 Å². The molecular weight excluding hydrogens is 898 g/mol. The van der Waals surface area contributed by atoms with E-state index in [9.17, 15) is 24.0 Å². The molecule has 2 aromatic carbocycles. The number of esters is 1. The van der Waals surface area contributed by atoms with Crippen LogP contribution in [0.25, 0.3) is 10.4 Å². The first-order chi connectivity index (χ1) is 32.1. The van der Waals surface area contributed by atoms with Crippen LogP contribution in [0.4, 0.5) is 10.5 Å². The van der Waals surface area contributed by atoms with Gasteiger partial charge in [0.15, 0.2) is 5.78 Å². The predicted octanol–water partition coefficient (Wildman–Crippen LogP) is 8.46. The number of nitrogens with one attached hydrogen (secondary N) is 1. The van der Waals surface area contributed by atoms with Crippen molar-refractivity contribution in [2.75, 3.05) is 46.4 Å². The lowest BCUT2D eigenvalue weighted by molar-refractivity contribution is -0.146. The number of Topliss-reactive ketones (excluding diaryl/α,β-unsaturated/α-hetero) is 1. The van der Waals surface area contributed by atoms with Gasteiger partial charge in [-0.2, -0.15) is 0 Å². The molecule has 3 amide bonds. The van der Waals surface area contributed by atoms with Crippen molar-refractivity contribution >= 4 is 58.5 Å². The van der Waals surface area contributed by atoms with Crippen molar-refractivity contribution in [2.45, 2.75) is 83.4 Å². The van der Waals surface area contributed by atoms with Gasteiger partial charge in [-0.25, -0.2) is 9.59 Å². The normalized spacial score (nSPS) is 17.2. The van der Waals surface area contributed by atoms with Crippen molar-refractivity contribution in [3.8, 4) is 0 Å². The number of nitrogens with zero attached hydrogens (tertiary/aromatic N) is 8. The molecule has 67 heavy (non-hydrogen) atoms. The summed E-state index contributed by atoms with van der Waals surface area (Å²) in [6.07, 6.45) is 6.99. The largest absolute Gasteiger partial charge is 0.467 e. The molecule has 0 saturated carbocycles. The first-order valence-corrected chi connectivity index (χ1v) is 23.2. The third-order valence-corrected chi connectivity index (χ3v) is 12.5. The van der Waals surface area contributed by atoms with Gasteiger partial charge < -0.3 is 29.5 Å². The van der Waals surface area contributed by atoms with Gasteiger partial charge in [0.2, 0.25) is 0 Å². The van der Waals surface area contributed by atoms with E-state index in [-0.39, 0.29) is 54.3 Å². The second-order valence-electron chi connectivity index (χ2n) is 17.9. The van der Waals surface area contributed by atoms with Gasteiger partial charge >= 0.3 is 12.1 Å². The summed E-state index contributed by atoms with van der Waals surface area (Å²) < 4.78 is 10.6. The topological polar surface area (TPSA) is 200 Å². The van der Waals surface area contributed by atoms with E-state index in [2.05, 4.69) is 25.3 Å². The molecule has 0 unspecified atom stereocenters. The van der Waals surface area contributed by atoms with Gasteiger partial charge in [-0.3, -0.25) is 24.4 Å². The van der Waals surface area contributed by atoms with Gasteiger partial charge in [-0.15, -0.1) is 0 Å². The fourth-order valence-electron chi connectivity index (χ4n) is 8.59. The quantitative estimate of drug-likeness (QED) is 0.0622. The summed E-state index contributed by atoms with van der Waals surface area (Å²) in [4.78, 5) is 82.7. The van der Waals surface area contributed by atoms with E-state index in [1.165, 1.54) is 30.2 Å². The van der Waals surface area contributed by atoms with Crippen LogP contribution >= 0.6 is 23.2 Å². The molecule has 2 atom stereocenters. The maximum absolute atomic E-state index is 14.0. The highest BCUT2D eigenvalue weighted by Crippen LogP contribution is 2.30. The summed E-state index contributed by atoms with van der Waals surface area (Å²) in [5, 5.41) is 7.86. The lowest BCUT2D eigenvalue weighted by atomic mass is 9.94. The Kier molecular flexibility index (Phi) is 17.7. The minimum Gasteiger partial charge on any atom is -0.467 e. The number of ketones is 1. The van der Waals surface area contributed by atoms with Gasteiger partial charge in [-0.1, -0.05) is 40.4 Å². The Bertz CT molecular complexity index is 2420. The summed E-state index contributed by atoms with van der Waals surface area (Å²) in [5.74, 6) is -0.739. The van der Waals surface area contributed by atoms with Crippen molar-refractivity contribution in [1.82, 2.24) is 30.0 Å². The van der Waals surface area contributed by atoms with E-state index in [0.29, 0.717) is 66.1 Å². The third kappa shape index (κ3) is 14.0. The Morgan fingerprint density at radius 2 is 1.57 bits per heavy atom. The molecule has 354 valence electrons. The number of methoxy groups -OCH3 is 1. The SMILES string of the molecule is COC(=O)[C@@H](Cc1ccccn1)N(CC1CCN(C(=O)OC(C)(C)C)CC1)C(=O)c1ccc(Cl)cc1N=[N+]=[N-].O=C1Cc2cc(Cl)ccc2C(=O)N(CC2CCNCC2)[C@@H]1Cc1ccccn1. The molecule has 2 fully saturated rings. The van der Waals surface area contributed by atoms with Gasteiger partial charge in [0.1, 0.15) is 11.6 Å². The number of hydrogen-bond acceptors (Lipinski definition) is 11. The molecule has 16 nitrogen and oxygen atoms in total. The summed E-state index contributed by atoms with van der Waals surface area (Å²) in [6, 6.07) is 19.2. The van der Waals surface area contributed by atoms with Crippen LogP contribution in [-0.2, 0) is 38.3 Å². The van der Waals surface area contributed by atoms with Crippen LogP contribution in [0.3, 0.4) is 0 Å². The van der Waals surface area contributed by atoms with Gasteiger partial charge in [0.25, 0.3) is 11.8 Å². The highest BCUT2D eigenvalue weighted by molar-refractivity contribution is 6.31. The molecule has 2 saturated heterocycles. The number of amides is 3. The third-order valence-electron chi connectivity index (χ3n) is 12.0. The molecule has 1 N–H and O–H groups in total. The van der Waals surface area contributed by atoms with E-state index in [1.54, 1.807) is 58.6 Å². The zero-order valence-electron chi connectivity index (χ0n) is 38.3. The fraction of sp³-hybridized carbons (Fsp3) is 0.449. The summed E-state index contributed by atoms with van der Waals surface area (Å²) >= 11 is 12.2. The lowest BCUT2D eigenvalue weighted by Crippen LogP contribution is -2.51. The van der Waals surface area contributed by atoms with E-state index in [0.717, 1.165) is 37.2 Å². The zero-order valence-corrected chi connectivity index (χ0v) is 39.8. The summed E-state index contributed by atoms with van der Waals surface area (Å²) in [6.45, 7) is 9.09. The Hall–Kier alpha value is -6.06. The fourth-order valence-corrected chi connectivity index (χ4v) is 8.95. The molecule has 0 radical (unpaired) electrons. The zero-order chi connectivity index (χ0) is 48.1. The van der Waals surface area contributed by atoms with Crippen LogP contribution in [0.5, 0.6) is 0 Å². The first kappa shape index (κ1) is 50.4. The van der Waals surface area contributed by atoms with Crippen LogP contribution in [0.1, 0.15) is 84.1 Å². The van der Waals surface area contributed by atoms with Gasteiger partial charge in [-0.05, 0) is 143 Å². The molecule has 0 bridgehead atoms. The van der Waals surface area contributed by atoms with Gasteiger partial charge in [0, 0.05) is 95.3 Å². The first-order valence-electron chi connectivity index (χ1n) is 22.5. The number of carbonyl (C=O) groups is 5. The van der Waals surface area contributed by atoms with Crippen molar-refractivity contribution in [3.05, 3.63) is 134 Å². The molecule has 3 aliphatic heterocycles.